The first-order valence-corrected chi connectivity index (χ1v) is 5.27. The third-order valence-corrected chi connectivity index (χ3v) is 2.49. The molecule has 17 heavy (non-hydrogen) atoms. The van der Waals surface area contributed by atoms with Crippen LogP contribution in [0.4, 0.5) is 0 Å². The zero-order valence-electron chi connectivity index (χ0n) is 9.47. The summed E-state index contributed by atoms with van der Waals surface area (Å²) < 4.78 is 0. The number of benzene rings is 1. The van der Waals surface area contributed by atoms with Gasteiger partial charge in [0.1, 0.15) is 0 Å². The van der Waals surface area contributed by atoms with Gasteiger partial charge in [0.25, 0.3) is 0 Å². The van der Waals surface area contributed by atoms with Gasteiger partial charge in [-0.05, 0) is 24.1 Å². The Morgan fingerprint density at radius 1 is 1.24 bits per heavy atom. The predicted molar refractivity (Wildman–Crippen MR) is 63.8 cm³/mol. The summed E-state index contributed by atoms with van der Waals surface area (Å²) in [4.78, 5) is 8.96. The maximum absolute atomic E-state index is 9.41. The molecule has 0 aliphatic carbocycles. The van der Waals surface area contributed by atoms with E-state index in [4.69, 9.17) is 4.84 Å². The topological polar surface area (TPSA) is 74.6 Å². The van der Waals surface area contributed by atoms with Crippen molar-refractivity contribution < 1.29 is 15.1 Å². The maximum Gasteiger partial charge on any atom is 0.159 e. The summed E-state index contributed by atoms with van der Waals surface area (Å²) in [5, 5.41) is 19.6. The third kappa shape index (κ3) is 2.64. The molecular formula is C12H14N2O3. The van der Waals surface area contributed by atoms with E-state index < -0.39 is 0 Å². The van der Waals surface area contributed by atoms with Gasteiger partial charge in [0.15, 0.2) is 11.5 Å². The first-order valence-electron chi connectivity index (χ1n) is 5.27. The number of nitrogens with zero attached hydrogens (tertiary/aromatic N) is 1. The normalized spacial score (nSPS) is 10.9. The van der Waals surface area contributed by atoms with Crippen LogP contribution in [-0.4, -0.2) is 28.9 Å². The lowest BCUT2D eigenvalue weighted by Crippen LogP contribution is -2.15. The molecule has 2 aromatic rings. The van der Waals surface area contributed by atoms with Crippen molar-refractivity contribution in [2.45, 2.75) is 6.42 Å². The molecule has 5 heteroatoms. The first-order chi connectivity index (χ1) is 8.20. The standard InChI is InChI=1S/C12H14N2O3/c1-17-14-3-2-8-4-9-5-11(15)12(16)6-10(9)13-7-8/h4-7,14-16H,2-3H2,1H3. The summed E-state index contributed by atoms with van der Waals surface area (Å²) >= 11 is 0. The molecule has 1 aromatic carbocycles. The van der Waals surface area contributed by atoms with Crippen LogP contribution in [-0.2, 0) is 11.3 Å². The van der Waals surface area contributed by atoms with E-state index in [-0.39, 0.29) is 11.5 Å². The summed E-state index contributed by atoms with van der Waals surface area (Å²) in [6, 6.07) is 4.88. The molecule has 0 atom stereocenters. The van der Waals surface area contributed by atoms with Gasteiger partial charge in [-0.25, -0.2) is 5.48 Å². The van der Waals surface area contributed by atoms with Crippen molar-refractivity contribution in [3.05, 3.63) is 30.0 Å². The first kappa shape index (κ1) is 11.6. The van der Waals surface area contributed by atoms with Crippen molar-refractivity contribution in [1.29, 1.82) is 0 Å². The Labute approximate surface area is 98.6 Å². The van der Waals surface area contributed by atoms with Crippen LogP contribution in [0.2, 0.25) is 0 Å². The number of hydrogen-bond donors (Lipinski definition) is 3. The molecule has 0 aliphatic rings. The Bertz CT molecular complexity index is 528. The van der Waals surface area contributed by atoms with Crippen LogP contribution in [0.5, 0.6) is 11.5 Å². The van der Waals surface area contributed by atoms with Gasteiger partial charge in [0.05, 0.1) is 12.6 Å². The smallest absolute Gasteiger partial charge is 0.159 e. The number of pyridine rings is 1. The molecule has 90 valence electrons. The number of aromatic hydroxyl groups is 2. The van der Waals surface area contributed by atoms with Crippen LogP contribution < -0.4 is 5.48 Å². The Morgan fingerprint density at radius 3 is 2.76 bits per heavy atom. The van der Waals surface area contributed by atoms with E-state index in [1.54, 1.807) is 13.3 Å². The number of phenolic OH excluding ortho intramolecular Hbond substituents is 2. The van der Waals surface area contributed by atoms with E-state index in [9.17, 15) is 10.2 Å². The Hall–Kier alpha value is -1.85. The molecular weight excluding hydrogens is 220 g/mol. The van der Waals surface area contributed by atoms with Crippen LogP contribution in [0, 0.1) is 0 Å². The highest BCUT2D eigenvalue weighted by Crippen LogP contribution is 2.29. The summed E-state index contributed by atoms with van der Waals surface area (Å²) in [5.41, 5.74) is 4.44. The average Bonchev–Trinajstić information content (AvgIpc) is 2.31. The van der Waals surface area contributed by atoms with Crippen LogP contribution in [0.1, 0.15) is 5.56 Å². The van der Waals surface area contributed by atoms with E-state index in [1.807, 2.05) is 6.07 Å². The molecule has 0 aliphatic heterocycles. The second-order valence-corrected chi connectivity index (χ2v) is 3.73. The fourth-order valence-electron chi connectivity index (χ4n) is 1.63. The molecule has 1 aromatic heterocycles. The summed E-state index contributed by atoms with van der Waals surface area (Å²) in [6.07, 6.45) is 2.52. The van der Waals surface area contributed by atoms with Crippen molar-refractivity contribution in [2.75, 3.05) is 13.7 Å². The molecule has 0 amide bonds. The summed E-state index contributed by atoms with van der Waals surface area (Å²) in [5.74, 6) is -0.287. The van der Waals surface area contributed by atoms with Crippen LogP contribution in [0.15, 0.2) is 24.4 Å². The predicted octanol–water partition coefficient (Wildman–Crippen LogP) is 1.34. The molecule has 0 bridgehead atoms. The van der Waals surface area contributed by atoms with Crippen molar-refractivity contribution in [3.63, 3.8) is 0 Å². The molecule has 2 rings (SSSR count). The zero-order chi connectivity index (χ0) is 12.3. The van der Waals surface area contributed by atoms with E-state index in [0.29, 0.717) is 12.1 Å². The fourth-order valence-corrected chi connectivity index (χ4v) is 1.63. The molecule has 0 saturated heterocycles. The maximum atomic E-state index is 9.41. The third-order valence-electron chi connectivity index (χ3n) is 2.49. The molecule has 1 heterocycles. The molecule has 5 nitrogen and oxygen atoms in total. The van der Waals surface area contributed by atoms with E-state index in [2.05, 4.69) is 10.5 Å². The molecule has 0 fully saturated rings. The molecule has 0 saturated carbocycles. The van der Waals surface area contributed by atoms with E-state index in [1.165, 1.54) is 12.1 Å². The number of nitrogens with one attached hydrogen (secondary N) is 1. The minimum absolute atomic E-state index is 0.133. The van der Waals surface area contributed by atoms with Crippen molar-refractivity contribution in [1.82, 2.24) is 10.5 Å². The number of phenols is 2. The van der Waals surface area contributed by atoms with Crippen LogP contribution in [0.3, 0.4) is 0 Å². The fraction of sp³-hybridized carbons (Fsp3) is 0.250. The minimum atomic E-state index is -0.154. The van der Waals surface area contributed by atoms with Gasteiger partial charge in [-0.15, -0.1) is 0 Å². The lowest BCUT2D eigenvalue weighted by atomic mass is 10.1. The van der Waals surface area contributed by atoms with Crippen molar-refractivity contribution >= 4 is 10.9 Å². The van der Waals surface area contributed by atoms with Gasteiger partial charge in [0, 0.05) is 24.2 Å². The second-order valence-electron chi connectivity index (χ2n) is 3.73. The summed E-state index contributed by atoms with van der Waals surface area (Å²) in [7, 11) is 1.57. The lowest BCUT2D eigenvalue weighted by molar-refractivity contribution is 0.0928. The highest BCUT2D eigenvalue weighted by atomic mass is 16.6. The highest BCUT2D eigenvalue weighted by molar-refractivity contribution is 5.82. The van der Waals surface area contributed by atoms with Gasteiger partial charge in [-0.3, -0.25) is 4.98 Å². The largest absolute Gasteiger partial charge is 0.504 e. The van der Waals surface area contributed by atoms with Crippen LogP contribution in [0.25, 0.3) is 10.9 Å². The summed E-state index contributed by atoms with van der Waals surface area (Å²) in [6.45, 7) is 0.688. The van der Waals surface area contributed by atoms with Gasteiger partial charge < -0.3 is 15.1 Å². The number of rotatable bonds is 4. The zero-order valence-corrected chi connectivity index (χ0v) is 9.47. The Morgan fingerprint density at radius 2 is 2.00 bits per heavy atom. The van der Waals surface area contributed by atoms with Crippen molar-refractivity contribution in [2.24, 2.45) is 0 Å². The number of hydrogen-bond acceptors (Lipinski definition) is 5. The van der Waals surface area contributed by atoms with Crippen LogP contribution >= 0.6 is 0 Å². The second kappa shape index (κ2) is 4.99. The number of fused-ring (bicyclic) bond motifs is 1. The SMILES string of the molecule is CONCCc1cnc2cc(O)c(O)cc2c1. The molecule has 3 N–H and O–H groups in total. The monoisotopic (exact) mass is 234 g/mol. The minimum Gasteiger partial charge on any atom is -0.504 e. The molecule has 0 radical (unpaired) electrons. The lowest BCUT2D eigenvalue weighted by Gasteiger charge is -2.05. The van der Waals surface area contributed by atoms with Gasteiger partial charge in [0.2, 0.25) is 0 Å². The van der Waals surface area contributed by atoms with E-state index >= 15 is 0 Å². The van der Waals surface area contributed by atoms with Gasteiger partial charge in [-0.1, -0.05) is 0 Å². The van der Waals surface area contributed by atoms with E-state index in [0.717, 1.165) is 17.4 Å². The Kier molecular flexibility index (Phi) is 3.41. The van der Waals surface area contributed by atoms with Gasteiger partial charge >= 0.3 is 0 Å². The molecule has 0 unspecified atom stereocenters. The number of hydroxylamine groups is 1. The average molecular weight is 234 g/mol. The molecule has 0 spiro atoms. The van der Waals surface area contributed by atoms with Crippen molar-refractivity contribution in [3.8, 4) is 11.5 Å². The Balaban J connectivity index is 2.27. The van der Waals surface area contributed by atoms with Gasteiger partial charge in [-0.2, -0.15) is 0 Å². The highest BCUT2D eigenvalue weighted by Gasteiger charge is 2.04. The quantitative estimate of drug-likeness (QED) is 0.423. The number of aromatic nitrogens is 1.